The first-order valence-corrected chi connectivity index (χ1v) is 8.90. The summed E-state index contributed by atoms with van der Waals surface area (Å²) in [6.07, 6.45) is 3.81. The predicted octanol–water partition coefficient (Wildman–Crippen LogP) is 3.21. The van der Waals surface area contributed by atoms with Gasteiger partial charge in [-0.15, -0.1) is 0 Å². The van der Waals surface area contributed by atoms with Gasteiger partial charge in [-0.25, -0.2) is 4.79 Å². The number of anilines is 1. The zero-order valence-corrected chi connectivity index (χ0v) is 16.3. The van der Waals surface area contributed by atoms with Gasteiger partial charge in [0.05, 0.1) is 13.2 Å². The van der Waals surface area contributed by atoms with E-state index in [2.05, 4.69) is 0 Å². The third kappa shape index (κ3) is 6.40. The maximum absolute atomic E-state index is 12.3. The Bertz CT molecular complexity index is 903. The summed E-state index contributed by atoms with van der Waals surface area (Å²) in [6, 6.07) is 15.9. The van der Waals surface area contributed by atoms with E-state index < -0.39 is 18.5 Å². The molecule has 2 aromatic rings. The molecule has 150 valence electrons. The van der Waals surface area contributed by atoms with Crippen LogP contribution in [-0.2, 0) is 14.3 Å². The Kier molecular flexibility index (Phi) is 8.27. The Morgan fingerprint density at radius 3 is 2.52 bits per heavy atom. The van der Waals surface area contributed by atoms with E-state index in [1.165, 1.54) is 12.0 Å². The second-order valence-corrected chi connectivity index (χ2v) is 5.83. The molecule has 0 saturated carbocycles. The lowest BCUT2D eigenvalue weighted by Crippen LogP contribution is -2.35. The predicted molar refractivity (Wildman–Crippen MR) is 109 cm³/mol. The first-order valence-electron chi connectivity index (χ1n) is 8.90. The lowest BCUT2D eigenvalue weighted by molar-refractivity contribution is -0.149. The second kappa shape index (κ2) is 11.1. The zero-order valence-electron chi connectivity index (χ0n) is 16.3. The second-order valence-electron chi connectivity index (χ2n) is 5.83. The van der Waals surface area contributed by atoms with E-state index in [9.17, 15) is 9.59 Å². The van der Waals surface area contributed by atoms with Gasteiger partial charge in [0.15, 0.2) is 24.7 Å². The quantitative estimate of drug-likeness (QED) is 0.479. The maximum Gasteiger partial charge on any atom is 0.344 e. The van der Waals surface area contributed by atoms with E-state index in [1.54, 1.807) is 42.5 Å². The number of carbonyl (C=O) groups excluding carboxylic acids is 2. The van der Waals surface area contributed by atoms with Gasteiger partial charge >= 0.3 is 5.97 Å². The first kappa shape index (κ1) is 21.5. The van der Waals surface area contributed by atoms with Gasteiger partial charge in [0, 0.05) is 5.69 Å². The number of para-hydroxylation sites is 1. The number of esters is 1. The van der Waals surface area contributed by atoms with Gasteiger partial charge < -0.3 is 14.2 Å². The number of allylic oxidation sites excluding steroid dienone is 1. The van der Waals surface area contributed by atoms with Crippen LogP contribution in [0.5, 0.6) is 11.5 Å². The number of amides is 1. The van der Waals surface area contributed by atoms with Crippen molar-refractivity contribution in [3.63, 3.8) is 0 Å². The topological polar surface area (TPSA) is 88.9 Å². The fraction of sp³-hybridized carbons (Fsp3) is 0.227. The van der Waals surface area contributed by atoms with Gasteiger partial charge in [0.2, 0.25) is 0 Å². The van der Waals surface area contributed by atoms with E-state index in [0.29, 0.717) is 17.2 Å². The van der Waals surface area contributed by atoms with Crippen molar-refractivity contribution in [2.75, 3.05) is 31.8 Å². The van der Waals surface area contributed by atoms with Crippen LogP contribution in [0.4, 0.5) is 5.69 Å². The van der Waals surface area contributed by atoms with Crippen LogP contribution in [0.25, 0.3) is 6.08 Å². The number of methoxy groups -OCH3 is 1. The monoisotopic (exact) mass is 394 g/mol. The van der Waals surface area contributed by atoms with E-state index in [0.717, 1.165) is 5.56 Å². The number of carbonyl (C=O) groups is 2. The van der Waals surface area contributed by atoms with Gasteiger partial charge in [-0.3, -0.25) is 9.69 Å². The van der Waals surface area contributed by atoms with Crippen molar-refractivity contribution in [3.8, 4) is 17.6 Å². The van der Waals surface area contributed by atoms with Crippen LogP contribution >= 0.6 is 0 Å². The van der Waals surface area contributed by atoms with Crippen molar-refractivity contribution >= 4 is 23.6 Å². The molecule has 2 rings (SSSR count). The Hall–Kier alpha value is -3.79. The number of ether oxygens (including phenoxy) is 3. The van der Waals surface area contributed by atoms with Crippen molar-refractivity contribution in [1.82, 2.24) is 0 Å². The highest BCUT2D eigenvalue weighted by molar-refractivity contribution is 5.95. The number of benzene rings is 2. The number of nitriles is 1. The van der Waals surface area contributed by atoms with Crippen LogP contribution in [-0.4, -0.2) is 38.7 Å². The molecule has 29 heavy (non-hydrogen) atoms. The summed E-state index contributed by atoms with van der Waals surface area (Å²) >= 11 is 0. The zero-order chi connectivity index (χ0) is 21.1. The van der Waals surface area contributed by atoms with Gasteiger partial charge in [-0.1, -0.05) is 36.4 Å². The first-order chi connectivity index (χ1) is 14.1. The molecule has 0 spiro atoms. The molecule has 0 aliphatic carbocycles. The molecule has 0 aliphatic rings. The molecule has 0 unspecified atom stereocenters. The Labute approximate surface area is 169 Å². The number of rotatable bonds is 9. The van der Waals surface area contributed by atoms with Crippen molar-refractivity contribution in [2.24, 2.45) is 0 Å². The molecule has 0 aliphatic heterocycles. The third-order valence-corrected chi connectivity index (χ3v) is 3.85. The third-order valence-electron chi connectivity index (χ3n) is 3.85. The lowest BCUT2D eigenvalue weighted by Gasteiger charge is -2.19. The summed E-state index contributed by atoms with van der Waals surface area (Å²) in [7, 11) is 1.51. The molecule has 2 aromatic carbocycles. The van der Waals surface area contributed by atoms with Crippen molar-refractivity contribution in [2.45, 2.75) is 6.92 Å². The lowest BCUT2D eigenvalue weighted by atomic mass is 10.2. The average Bonchev–Trinajstić information content (AvgIpc) is 2.75. The van der Waals surface area contributed by atoms with Crippen LogP contribution in [0.1, 0.15) is 12.5 Å². The summed E-state index contributed by atoms with van der Waals surface area (Å²) in [6.45, 7) is 0.892. The highest BCUT2D eigenvalue weighted by Crippen LogP contribution is 2.28. The molecule has 7 heteroatoms. The van der Waals surface area contributed by atoms with E-state index in [-0.39, 0.29) is 13.2 Å². The van der Waals surface area contributed by atoms with Crippen LogP contribution < -0.4 is 14.4 Å². The smallest absolute Gasteiger partial charge is 0.344 e. The summed E-state index contributed by atoms with van der Waals surface area (Å²) in [4.78, 5) is 25.6. The molecule has 0 heterocycles. The average molecular weight is 394 g/mol. The molecule has 7 nitrogen and oxygen atoms in total. The van der Waals surface area contributed by atoms with Gasteiger partial charge in [0.1, 0.15) is 6.54 Å². The summed E-state index contributed by atoms with van der Waals surface area (Å²) in [5.74, 6) is -0.338. The summed E-state index contributed by atoms with van der Waals surface area (Å²) in [5.41, 5.74) is 1.49. The molecular weight excluding hydrogens is 372 g/mol. The Balaban J connectivity index is 1.91. The van der Waals surface area contributed by atoms with E-state index in [4.69, 9.17) is 19.5 Å². The minimum atomic E-state index is -0.706. The molecule has 0 aromatic heterocycles. The number of hydrogen-bond acceptors (Lipinski definition) is 6. The van der Waals surface area contributed by atoms with Gasteiger partial charge in [-0.05, 0) is 36.8 Å². The normalized spacial score (nSPS) is 10.2. The Morgan fingerprint density at radius 1 is 1.10 bits per heavy atom. The highest BCUT2D eigenvalue weighted by atomic mass is 16.6. The molecule has 0 N–H and O–H groups in total. The molecule has 0 radical (unpaired) electrons. The summed E-state index contributed by atoms with van der Waals surface area (Å²) < 4.78 is 15.7. The van der Waals surface area contributed by atoms with Crippen LogP contribution in [0, 0.1) is 11.3 Å². The molecule has 0 fully saturated rings. The minimum Gasteiger partial charge on any atom is -0.493 e. The van der Waals surface area contributed by atoms with Crippen molar-refractivity contribution in [1.29, 1.82) is 5.26 Å². The number of nitrogens with zero attached hydrogens (tertiary/aromatic N) is 2. The maximum atomic E-state index is 12.3. The van der Waals surface area contributed by atoms with Gasteiger partial charge in [0.25, 0.3) is 5.91 Å². The molecule has 0 saturated heterocycles. The van der Waals surface area contributed by atoms with E-state index >= 15 is 0 Å². The summed E-state index contributed by atoms with van der Waals surface area (Å²) in [5, 5.41) is 8.95. The van der Waals surface area contributed by atoms with Crippen molar-refractivity contribution < 1.29 is 23.8 Å². The Morgan fingerprint density at radius 2 is 1.86 bits per heavy atom. The fourth-order valence-electron chi connectivity index (χ4n) is 2.50. The van der Waals surface area contributed by atoms with Crippen molar-refractivity contribution in [3.05, 3.63) is 60.2 Å². The largest absolute Gasteiger partial charge is 0.493 e. The number of hydrogen-bond donors (Lipinski definition) is 0. The van der Waals surface area contributed by atoms with Crippen LogP contribution in [0.15, 0.2) is 54.6 Å². The molecular formula is C22H22N2O5. The van der Waals surface area contributed by atoms with Crippen LogP contribution in [0.2, 0.25) is 0 Å². The SMILES string of the molecule is C/C=C/c1ccc(OCC(=O)OCC(=O)N(CC#N)c2ccccc2)c(OC)c1. The molecule has 0 atom stereocenters. The standard InChI is InChI=1S/C22H22N2O5/c1-3-7-17-10-11-19(20(14-17)27-2)28-16-22(26)29-15-21(25)24(13-12-23)18-8-5-4-6-9-18/h3-11,14H,13,15-16H2,1-2H3/b7-3+. The van der Waals surface area contributed by atoms with Gasteiger partial charge in [-0.2, -0.15) is 5.26 Å². The highest BCUT2D eigenvalue weighted by Gasteiger charge is 2.18. The fourth-order valence-corrected chi connectivity index (χ4v) is 2.50. The molecule has 0 bridgehead atoms. The molecule has 1 amide bonds. The minimum absolute atomic E-state index is 0.146. The van der Waals surface area contributed by atoms with E-state index in [1.807, 2.05) is 31.2 Å². The van der Waals surface area contributed by atoms with Crippen LogP contribution in [0.3, 0.4) is 0 Å².